The van der Waals surface area contributed by atoms with Crippen molar-refractivity contribution >= 4 is 50.6 Å². The third-order valence-corrected chi connectivity index (χ3v) is 4.46. The summed E-state index contributed by atoms with van der Waals surface area (Å²) in [6.45, 7) is 0.665. The number of para-hydroxylation sites is 1. The fourth-order valence-corrected chi connectivity index (χ4v) is 3.28. The molecule has 0 spiro atoms. The standard InChI is InChI=1S/C16H11ClN2OS/c17-15-8-19-16(21-15)9-18-10-5-6-14-12(7-10)11-3-1-2-4-13(11)20-14/h1-8,18H,9H2. The van der Waals surface area contributed by atoms with E-state index in [-0.39, 0.29) is 0 Å². The lowest BCUT2D eigenvalue weighted by atomic mass is 10.1. The van der Waals surface area contributed by atoms with E-state index in [2.05, 4.69) is 22.4 Å². The number of aromatic nitrogens is 1. The van der Waals surface area contributed by atoms with Crippen molar-refractivity contribution in [2.45, 2.75) is 6.54 Å². The van der Waals surface area contributed by atoms with Crippen molar-refractivity contribution in [2.75, 3.05) is 5.32 Å². The summed E-state index contributed by atoms with van der Waals surface area (Å²) in [4.78, 5) is 4.24. The van der Waals surface area contributed by atoms with Gasteiger partial charge in [0.25, 0.3) is 0 Å². The molecule has 0 saturated carbocycles. The minimum atomic E-state index is 0.665. The van der Waals surface area contributed by atoms with E-state index in [1.165, 1.54) is 11.3 Å². The zero-order valence-corrected chi connectivity index (χ0v) is 12.5. The van der Waals surface area contributed by atoms with Crippen molar-refractivity contribution in [3.63, 3.8) is 0 Å². The molecule has 4 aromatic rings. The quantitative estimate of drug-likeness (QED) is 0.557. The summed E-state index contributed by atoms with van der Waals surface area (Å²) >= 11 is 7.37. The van der Waals surface area contributed by atoms with Crippen LogP contribution < -0.4 is 5.32 Å². The summed E-state index contributed by atoms with van der Waals surface area (Å²) in [6, 6.07) is 14.2. The molecule has 0 aliphatic heterocycles. The van der Waals surface area contributed by atoms with Gasteiger partial charge < -0.3 is 9.73 Å². The lowest BCUT2D eigenvalue weighted by Crippen LogP contribution is -1.98. The lowest BCUT2D eigenvalue weighted by Gasteiger charge is -2.03. The highest BCUT2D eigenvalue weighted by molar-refractivity contribution is 7.15. The molecule has 2 heterocycles. The largest absolute Gasteiger partial charge is 0.456 e. The number of anilines is 1. The number of thiazole rings is 1. The van der Waals surface area contributed by atoms with Crippen LogP contribution in [0.5, 0.6) is 0 Å². The van der Waals surface area contributed by atoms with Crippen molar-refractivity contribution in [1.82, 2.24) is 4.98 Å². The van der Waals surface area contributed by atoms with Crippen LogP contribution in [-0.4, -0.2) is 4.98 Å². The fourth-order valence-electron chi connectivity index (χ4n) is 2.38. The SMILES string of the molecule is Clc1cnc(CNc2ccc3oc4ccccc4c3c2)s1. The highest BCUT2D eigenvalue weighted by Crippen LogP contribution is 2.30. The van der Waals surface area contributed by atoms with Gasteiger partial charge in [-0.05, 0) is 24.3 Å². The van der Waals surface area contributed by atoms with Crippen LogP contribution in [0.15, 0.2) is 53.1 Å². The van der Waals surface area contributed by atoms with Gasteiger partial charge in [0, 0.05) is 16.5 Å². The van der Waals surface area contributed by atoms with Gasteiger partial charge in [0.1, 0.15) is 20.5 Å². The van der Waals surface area contributed by atoms with E-state index in [1.807, 2.05) is 30.3 Å². The predicted octanol–water partition coefficient (Wildman–Crippen LogP) is 5.31. The molecule has 0 aliphatic carbocycles. The molecule has 3 nitrogen and oxygen atoms in total. The van der Waals surface area contributed by atoms with Gasteiger partial charge in [-0.15, -0.1) is 11.3 Å². The molecule has 0 atom stereocenters. The summed E-state index contributed by atoms with van der Waals surface area (Å²) in [5, 5.41) is 6.59. The Kier molecular flexibility index (Phi) is 3.05. The average Bonchev–Trinajstić information content (AvgIpc) is 3.08. The monoisotopic (exact) mass is 314 g/mol. The first-order valence-corrected chi connectivity index (χ1v) is 7.74. The summed E-state index contributed by atoms with van der Waals surface area (Å²) < 4.78 is 6.53. The topological polar surface area (TPSA) is 38.1 Å². The first-order chi connectivity index (χ1) is 10.3. The van der Waals surface area contributed by atoms with Crippen LogP contribution in [-0.2, 0) is 6.54 Å². The number of hydrogen-bond donors (Lipinski definition) is 1. The van der Waals surface area contributed by atoms with Crippen LogP contribution in [0.1, 0.15) is 5.01 Å². The molecule has 21 heavy (non-hydrogen) atoms. The number of halogens is 1. The molecule has 0 radical (unpaired) electrons. The highest BCUT2D eigenvalue weighted by Gasteiger charge is 2.07. The first-order valence-electron chi connectivity index (χ1n) is 6.55. The minimum Gasteiger partial charge on any atom is -0.456 e. The molecule has 0 amide bonds. The number of nitrogens with one attached hydrogen (secondary N) is 1. The zero-order chi connectivity index (χ0) is 14.2. The van der Waals surface area contributed by atoms with E-state index in [4.69, 9.17) is 16.0 Å². The molecule has 0 bridgehead atoms. The highest BCUT2D eigenvalue weighted by atomic mass is 35.5. The van der Waals surface area contributed by atoms with Gasteiger partial charge in [0.15, 0.2) is 0 Å². The molecule has 2 aromatic carbocycles. The van der Waals surface area contributed by atoms with Gasteiger partial charge in [0.05, 0.1) is 12.7 Å². The van der Waals surface area contributed by atoms with E-state index in [0.717, 1.165) is 32.6 Å². The maximum atomic E-state index is 5.89. The van der Waals surface area contributed by atoms with Crippen LogP contribution >= 0.6 is 22.9 Å². The van der Waals surface area contributed by atoms with Gasteiger partial charge in [-0.1, -0.05) is 29.8 Å². The molecule has 0 aliphatic rings. The van der Waals surface area contributed by atoms with Crippen molar-refractivity contribution in [2.24, 2.45) is 0 Å². The smallest absolute Gasteiger partial charge is 0.135 e. The number of nitrogens with zero attached hydrogens (tertiary/aromatic N) is 1. The summed E-state index contributed by atoms with van der Waals surface area (Å²) in [5.41, 5.74) is 2.86. The van der Waals surface area contributed by atoms with Crippen LogP contribution in [0.3, 0.4) is 0 Å². The van der Waals surface area contributed by atoms with Crippen LogP contribution in [0, 0.1) is 0 Å². The Labute approximate surface area is 130 Å². The lowest BCUT2D eigenvalue weighted by molar-refractivity contribution is 0.669. The van der Waals surface area contributed by atoms with E-state index < -0.39 is 0 Å². The third-order valence-electron chi connectivity index (χ3n) is 3.35. The zero-order valence-electron chi connectivity index (χ0n) is 11.0. The van der Waals surface area contributed by atoms with E-state index in [0.29, 0.717) is 10.9 Å². The number of benzene rings is 2. The number of furan rings is 1. The molecular formula is C16H11ClN2OS. The van der Waals surface area contributed by atoms with Gasteiger partial charge in [-0.2, -0.15) is 0 Å². The Morgan fingerprint density at radius 3 is 2.81 bits per heavy atom. The van der Waals surface area contributed by atoms with Crippen LogP contribution in [0.25, 0.3) is 21.9 Å². The second kappa shape index (κ2) is 5.06. The normalized spacial score (nSPS) is 11.3. The van der Waals surface area contributed by atoms with Crippen LogP contribution in [0.4, 0.5) is 5.69 Å². The number of fused-ring (bicyclic) bond motifs is 3. The van der Waals surface area contributed by atoms with Crippen LogP contribution in [0.2, 0.25) is 4.34 Å². The van der Waals surface area contributed by atoms with E-state index in [1.54, 1.807) is 6.20 Å². The molecule has 1 N–H and O–H groups in total. The molecule has 4 rings (SSSR count). The molecular weight excluding hydrogens is 304 g/mol. The Hall–Kier alpha value is -2.04. The number of hydrogen-bond acceptors (Lipinski definition) is 4. The second-order valence-electron chi connectivity index (χ2n) is 4.72. The first kappa shape index (κ1) is 12.7. The maximum absolute atomic E-state index is 5.89. The Bertz CT molecular complexity index is 928. The molecule has 0 fully saturated rings. The molecule has 5 heteroatoms. The summed E-state index contributed by atoms with van der Waals surface area (Å²) in [5.74, 6) is 0. The Morgan fingerprint density at radius 2 is 1.95 bits per heavy atom. The second-order valence-corrected chi connectivity index (χ2v) is 6.47. The Balaban J connectivity index is 1.68. The Morgan fingerprint density at radius 1 is 1.10 bits per heavy atom. The molecule has 2 aromatic heterocycles. The van der Waals surface area contributed by atoms with Crippen molar-refractivity contribution < 1.29 is 4.42 Å². The van der Waals surface area contributed by atoms with Gasteiger partial charge in [0.2, 0.25) is 0 Å². The maximum Gasteiger partial charge on any atom is 0.135 e. The minimum absolute atomic E-state index is 0.665. The van der Waals surface area contributed by atoms with Crippen molar-refractivity contribution in [3.8, 4) is 0 Å². The van der Waals surface area contributed by atoms with Crippen molar-refractivity contribution in [1.29, 1.82) is 0 Å². The van der Waals surface area contributed by atoms with E-state index >= 15 is 0 Å². The molecule has 0 unspecified atom stereocenters. The number of rotatable bonds is 3. The van der Waals surface area contributed by atoms with E-state index in [9.17, 15) is 0 Å². The summed E-state index contributed by atoms with van der Waals surface area (Å²) in [7, 11) is 0. The molecule has 0 saturated heterocycles. The van der Waals surface area contributed by atoms with Crippen molar-refractivity contribution in [3.05, 3.63) is 58.0 Å². The van der Waals surface area contributed by atoms with Gasteiger partial charge in [-0.3, -0.25) is 0 Å². The summed E-state index contributed by atoms with van der Waals surface area (Å²) in [6.07, 6.45) is 1.68. The molecule has 104 valence electrons. The average molecular weight is 315 g/mol. The van der Waals surface area contributed by atoms with Gasteiger partial charge in [-0.25, -0.2) is 4.98 Å². The predicted molar refractivity (Wildman–Crippen MR) is 88.2 cm³/mol. The third kappa shape index (κ3) is 2.37. The van der Waals surface area contributed by atoms with Gasteiger partial charge >= 0.3 is 0 Å². The fraction of sp³-hybridized carbons (Fsp3) is 0.0625.